The van der Waals surface area contributed by atoms with Crippen LogP contribution in [-0.2, 0) is 7.05 Å². The Labute approximate surface area is 102 Å². The van der Waals surface area contributed by atoms with E-state index in [0.717, 1.165) is 25.2 Å². The van der Waals surface area contributed by atoms with Gasteiger partial charge in [-0.3, -0.25) is 9.48 Å². The lowest BCUT2D eigenvalue weighted by Crippen LogP contribution is -2.40. The molecule has 5 nitrogen and oxygen atoms in total. The van der Waals surface area contributed by atoms with E-state index in [-0.39, 0.29) is 11.9 Å². The number of nitrogens with one attached hydrogen (secondary N) is 2. The van der Waals surface area contributed by atoms with Crippen molar-refractivity contribution < 1.29 is 4.79 Å². The molecule has 1 aliphatic rings. The monoisotopic (exact) mass is 236 g/mol. The van der Waals surface area contributed by atoms with Gasteiger partial charge in [0.25, 0.3) is 5.91 Å². The molecular weight excluding hydrogens is 216 g/mol. The van der Waals surface area contributed by atoms with Gasteiger partial charge in [-0.15, -0.1) is 0 Å². The van der Waals surface area contributed by atoms with Crippen LogP contribution in [0.25, 0.3) is 0 Å². The third-order valence-corrected chi connectivity index (χ3v) is 3.36. The fourth-order valence-electron chi connectivity index (χ4n) is 2.13. The van der Waals surface area contributed by atoms with Gasteiger partial charge in [-0.05, 0) is 26.3 Å². The highest BCUT2D eigenvalue weighted by molar-refractivity contribution is 5.95. The van der Waals surface area contributed by atoms with Crippen molar-refractivity contribution in [3.05, 3.63) is 17.5 Å². The lowest BCUT2D eigenvalue weighted by molar-refractivity contribution is 0.0935. The van der Waals surface area contributed by atoms with Crippen LogP contribution in [0.1, 0.15) is 35.3 Å². The predicted octanol–water partition coefficient (Wildman–Crippen LogP) is 0.600. The highest BCUT2D eigenvalue weighted by atomic mass is 16.1. The van der Waals surface area contributed by atoms with Crippen LogP contribution >= 0.6 is 0 Å². The van der Waals surface area contributed by atoms with Crippen molar-refractivity contribution in [3.8, 4) is 0 Å². The summed E-state index contributed by atoms with van der Waals surface area (Å²) < 4.78 is 1.72. The molecule has 1 amide bonds. The van der Waals surface area contributed by atoms with Gasteiger partial charge >= 0.3 is 0 Å². The number of hydrogen-bond donors (Lipinski definition) is 2. The number of aromatic nitrogens is 2. The lowest BCUT2D eigenvalue weighted by atomic mass is 10.1. The first-order valence-corrected chi connectivity index (χ1v) is 6.18. The maximum atomic E-state index is 12.1. The van der Waals surface area contributed by atoms with Crippen molar-refractivity contribution in [3.63, 3.8) is 0 Å². The molecule has 1 aromatic rings. The SMILES string of the molecule is Cc1c(C(=O)NC2CCCCNC2)cnn1C. The minimum absolute atomic E-state index is 0.00991. The van der Waals surface area contributed by atoms with Gasteiger partial charge in [0.05, 0.1) is 11.8 Å². The van der Waals surface area contributed by atoms with E-state index in [1.807, 2.05) is 14.0 Å². The van der Waals surface area contributed by atoms with Crippen LogP contribution in [0.15, 0.2) is 6.20 Å². The predicted molar refractivity (Wildman–Crippen MR) is 65.9 cm³/mol. The first kappa shape index (κ1) is 12.1. The van der Waals surface area contributed by atoms with Crippen molar-refractivity contribution in [2.24, 2.45) is 7.05 Å². The normalized spacial score (nSPS) is 20.9. The molecule has 0 radical (unpaired) electrons. The van der Waals surface area contributed by atoms with Gasteiger partial charge < -0.3 is 10.6 Å². The van der Waals surface area contributed by atoms with E-state index in [9.17, 15) is 4.79 Å². The second kappa shape index (κ2) is 5.31. The van der Waals surface area contributed by atoms with Gasteiger partial charge in [0.15, 0.2) is 0 Å². The summed E-state index contributed by atoms with van der Waals surface area (Å²) in [6, 6.07) is 0.240. The fourth-order valence-corrected chi connectivity index (χ4v) is 2.13. The van der Waals surface area contributed by atoms with Crippen LogP contribution in [0.4, 0.5) is 0 Å². The number of nitrogens with zero attached hydrogens (tertiary/aromatic N) is 2. The molecule has 2 rings (SSSR count). The van der Waals surface area contributed by atoms with Crippen LogP contribution in [0.3, 0.4) is 0 Å². The summed E-state index contributed by atoms with van der Waals surface area (Å²) in [4.78, 5) is 12.1. The van der Waals surface area contributed by atoms with Crippen molar-refractivity contribution in [2.75, 3.05) is 13.1 Å². The van der Waals surface area contributed by atoms with E-state index in [1.165, 1.54) is 12.8 Å². The molecule has 5 heteroatoms. The van der Waals surface area contributed by atoms with Crippen LogP contribution in [0.2, 0.25) is 0 Å². The third-order valence-electron chi connectivity index (χ3n) is 3.36. The molecule has 1 aromatic heterocycles. The minimum atomic E-state index is -0.00991. The summed E-state index contributed by atoms with van der Waals surface area (Å²) >= 11 is 0. The van der Waals surface area contributed by atoms with E-state index in [4.69, 9.17) is 0 Å². The van der Waals surface area contributed by atoms with Gasteiger partial charge in [0.2, 0.25) is 0 Å². The topological polar surface area (TPSA) is 59.0 Å². The molecule has 1 unspecified atom stereocenters. The van der Waals surface area contributed by atoms with E-state index in [0.29, 0.717) is 5.56 Å². The van der Waals surface area contributed by atoms with Crippen molar-refractivity contribution >= 4 is 5.91 Å². The Morgan fingerprint density at radius 2 is 2.41 bits per heavy atom. The summed E-state index contributed by atoms with van der Waals surface area (Å²) in [5, 5.41) is 10.5. The second-order valence-corrected chi connectivity index (χ2v) is 4.64. The zero-order valence-corrected chi connectivity index (χ0v) is 10.5. The largest absolute Gasteiger partial charge is 0.348 e. The van der Waals surface area contributed by atoms with Gasteiger partial charge in [0, 0.05) is 25.3 Å². The molecular formula is C12H20N4O. The summed E-state index contributed by atoms with van der Waals surface area (Å²) in [6.07, 6.45) is 5.05. The third kappa shape index (κ3) is 2.85. The summed E-state index contributed by atoms with van der Waals surface area (Å²) in [7, 11) is 1.85. The number of aryl methyl sites for hydroxylation is 1. The van der Waals surface area contributed by atoms with Crippen LogP contribution < -0.4 is 10.6 Å². The molecule has 1 saturated heterocycles. The summed E-state index contributed by atoms with van der Waals surface area (Å²) in [6.45, 7) is 3.83. The zero-order chi connectivity index (χ0) is 12.3. The second-order valence-electron chi connectivity index (χ2n) is 4.64. The summed E-state index contributed by atoms with van der Waals surface area (Å²) in [5.74, 6) is -0.00991. The molecule has 1 fully saturated rings. The van der Waals surface area contributed by atoms with E-state index in [2.05, 4.69) is 15.7 Å². The molecule has 2 N–H and O–H groups in total. The molecule has 0 aromatic carbocycles. The number of carbonyl (C=O) groups is 1. The first-order valence-electron chi connectivity index (χ1n) is 6.18. The van der Waals surface area contributed by atoms with Crippen molar-refractivity contribution in [1.29, 1.82) is 0 Å². The Hall–Kier alpha value is -1.36. The van der Waals surface area contributed by atoms with E-state index in [1.54, 1.807) is 10.9 Å². The number of hydrogen-bond acceptors (Lipinski definition) is 3. The Kier molecular flexibility index (Phi) is 3.78. The van der Waals surface area contributed by atoms with Gasteiger partial charge in [-0.2, -0.15) is 5.10 Å². The van der Waals surface area contributed by atoms with Crippen LogP contribution in [0.5, 0.6) is 0 Å². The zero-order valence-electron chi connectivity index (χ0n) is 10.5. The van der Waals surface area contributed by atoms with Crippen LogP contribution in [-0.4, -0.2) is 34.8 Å². The van der Waals surface area contributed by atoms with Gasteiger partial charge in [0.1, 0.15) is 0 Å². The molecule has 94 valence electrons. The molecule has 0 saturated carbocycles. The highest BCUT2D eigenvalue weighted by Gasteiger charge is 2.18. The highest BCUT2D eigenvalue weighted by Crippen LogP contribution is 2.08. The minimum Gasteiger partial charge on any atom is -0.348 e. The van der Waals surface area contributed by atoms with Crippen molar-refractivity contribution in [1.82, 2.24) is 20.4 Å². The lowest BCUT2D eigenvalue weighted by Gasteiger charge is -2.16. The number of carbonyl (C=O) groups excluding carboxylic acids is 1. The standard InChI is InChI=1S/C12H20N4O/c1-9-11(8-14-16(9)2)12(17)15-10-5-3-4-6-13-7-10/h8,10,13H,3-7H2,1-2H3,(H,15,17). The molecule has 0 bridgehead atoms. The number of rotatable bonds is 2. The first-order chi connectivity index (χ1) is 8.18. The summed E-state index contributed by atoms with van der Waals surface area (Å²) in [5.41, 5.74) is 1.58. The molecule has 2 heterocycles. The fraction of sp³-hybridized carbons (Fsp3) is 0.667. The van der Waals surface area contributed by atoms with Crippen molar-refractivity contribution in [2.45, 2.75) is 32.2 Å². The molecule has 1 aliphatic heterocycles. The van der Waals surface area contributed by atoms with Gasteiger partial charge in [-0.25, -0.2) is 0 Å². The molecule has 0 spiro atoms. The smallest absolute Gasteiger partial charge is 0.255 e. The Bertz CT molecular complexity index is 391. The number of amides is 1. The maximum absolute atomic E-state index is 12.1. The van der Waals surface area contributed by atoms with Crippen LogP contribution in [0, 0.1) is 6.92 Å². The maximum Gasteiger partial charge on any atom is 0.255 e. The van der Waals surface area contributed by atoms with E-state index < -0.39 is 0 Å². The van der Waals surface area contributed by atoms with E-state index >= 15 is 0 Å². The average Bonchev–Trinajstić information content (AvgIpc) is 2.55. The molecule has 17 heavy (non-hydrogen) atoms. The molecule has 0 aliphatic carbocycles. The van der Waals surface area contributed by atoms with Gasteiger partial charge in [-0.1, -0.05) is 6.42 Å². The quantitative estimate of drug-likeness (QED) is 0.790. The molecule has 1 atom stereocenters. The Morgan fingerprint density at radius 3 is 3.12 bits per heavy atom. The Morgan fingerprint density at radius 1 is 1.59 bits per heavy atom. The average molecular weight is 236 g/mol. The Balaban J connectivity index is 1.98.